The Morgan fingerprint density at radius 1 is 1.11 bits per heavy atom. The van der Waals surface area contributed by atoms with Crippen molar-refractivity contribution in [3.05, 3.63) is 47.1 Å². The van der Waals surface area contributed by atoms with Gasteiger partial charge in [0, 0.05) is 37.3 Å². The number of hydrogen-bond donors (Lipinski definition) is 5. The maximum Gasteiger partial charge on any atom is 0.405 e. The van der Waals surface area contributed by atoms with E-state index >= 15 is 0 Å². The van der Waals surface area contributed by atoms with Gasteiger partial charge in [-0.1, -0.05) is 38.2 Å². The van der Waals surface area contributed by atoms with Gasteiger partial charge in [0.15, 0.2) is 23.4 Å². The van der Waals surface area contributed by atoms with Crippen molar-refractivity contribution < 1.29 is 53.4 Å². The maximum atomic E-state index is 13.2. The number of hydrogen-bond acceptors (Lipinski definition) is 11. The van der Waals surface area contributed by atoms with Crippen LogP contribution in [0.3, 0.4) is 0 Å². The van der Waals surface area contributed by atoms with Gasteiger partial charge >= 0.3 is 12.1 Å². The zero-order valence-corrected chi connectivity index (χ0v) is 26.2. The number of allylic oxidation sites excluding steroid dienone is 2. The summed E-state index contributed by atoms with van der Waals surface area (Å²) in [5.74, 6) is -2.71. The number of phenolic OH excluding ortho intramolecular Hbond substituents is 1. The minimum atomic E-state index is -1.02. The Labute approximate surface area is 257 Å². The van der Waals surface area contributed by atoms with Gasteiger partial charge in [0.2, 0.25) is 0 Å². The zero-order valence-electron chi connectivity index (χ0n) is 26.2. The molecule has 0 aromatic heterocycles. The van der Waals surface area contributed by atoms with Gasteiger partial charge in [-0.3, -0.25) is 4.79 Å². The normalized spacial score (nSPS) is 28.4. The van der Waals surface area contributed by atoms with Crippen LogP contribution in [0.2, 0.25) is 0 Å². The number of aromatic hydroxyl groups is 1. The number of primary amides is 1. The lowest BCUT2D eigenvalue weighted by molar-refractivity contribution is -0.137. The minimum absolute atomic E-state index is 0.0178. The van der Waals surface area contributed by atoms with Gasteiger partial charge in [0.25, 0.3) is 5.91 Å². The Hall–Kier alpha value is -3.91. The van der Waals surface area contributed by atoms with Crippen LogP contribution < -0.4 is 20.5 Å². The second-order valence-electron chi connectivity index (χ2n) is 10.7. The molecule has 1 aromatic carbocycles. The number of phenols is 1. The molecule has 13 nitrogen and oxygen atoms in total. The highest BCUT2D eigenvalue weighted by molar-refractivity contribution is 6.05. The van der Waals surface area contributed by atoms with E-state index < -0.39 is 54.9 Å². The SMILES string of the molecule is COc1c(O)cc2c(OC(=O)CO)c1C[C@@H](C)C[C@H](OC)[C@H](O)[C@@H](C)/C=C(/C)[C@H](OC(N)=O)[C@@H](OC)/C=C/C=C(/C)C(=O)N2. The van der Waals surface area contributed by atoms with Crippen LogP contribution in [0.25, 0.3) is 0 Å². The molecule has 44 heavy (non-hydrogen) atoms. The van der Waals surface area contributed by atoms with E-state index in [-0.39, 0.29) is 46.4 Å². The van der Waals surface area contributed by atoms with Crippen molar-refractivity contribution in [3.63, 3.8) is 0 Å². The molecule has 0 spiro atoms. The lowest BCUT2D eigenvalue weighted by Crippen LogP contribution is -2.37. The number of benzene rings is 1. The summed E-state index contributed by atoms with van der Waals surface area (Å²) in [6.45, 7) is 5.97. The van der Waals surface area contributed by atoms with Crippen molar-refractivity contribution in [1.82, 2.24) is 0 Å². The summed E-state index contributed by atoms with van der Waals surface area (Å²) in [4.78, 5) is 37.2. The van der Waals surface area contributed by atoms with Crippen LogP contribution in [0, 0.1) is 11.8 Å². The molecule has 0 radical (unpaired) electrons. The largest absolute Gasteiger partial charge is 0.504 e. The molecule has 2 rings (SSSR count). The number of aliphatic hydroxyl groups is 2. The number of anilines is 1. The molecular formula is C31H44N2O11. The molecule has 0 aliphatic carbocycles. The number of nitrogens with one attached hydrogen (secondary N) is 1. The zero-order chi connectivity index (χ0) is 33.1. The molecule has 13 heteroatoms. The third kappa shape index (κ3) is 9.55. The molecule has 1 aliphatic heterocycles. The van der Waals surface area contributed by atoms with E-state index in [1.54, 1.807) is 26.0 Å². The van der Waals surface area contributed by atoms with Crippen LogP contribution >= 0.6 is 0 Å². The third-order valence-electron chi connectivity index (χ3n) is 7.31. The molecule has 0 unspecified atom stereocenters. The predicted molar refractivity (Wildman–Crippen MR) is 161 cm³/mol. The fourth-order valence-corrected chi connectivity index (χ4v) is 5.06. The summed E-state index contributed by atoms with van der Waals surface area (Å²) in [5, 5.41) is 34.1. The van der Waals surface area contributed by atoms with Crippen molar-refractivity contribution >= 4 is 23.7 Å². The third-order valence-corrected chi connectivity index (χ3v) is 7.31. The lowest BCUT2D eigenvalue weighted by atomic mass is 9.87. The molecule has 1 aliphatic rings. The smallest absolute Gasteiger partial charge is 0.405 e. The Balaban J connectivity index is 2.76. The monoisotopic (exact) mass is 620 g/mol. The van der Waals surface area contributed by atoms with Crippen LogP contribution in [0.15, 0.2) is 41.5 Å². The van der Waals surface area contributed by atoms with Crippen molar-refractivity contribution in [1.29, 1.82) is 0 Å². The molecule has 0 saturated heterocycles. The van der Waals surface area contributed by atoms with E-state index in [2.05, 4.69) is 5.32 Å². The van der Waals surface area contributed by atoms with E-state index in [0.29, 0.717) is 12.0 Å². The van der Waals surface area contributed by atoms with Crippen LogP contribution in [-0.2, 0) is 30.2 Å². The van der Waals surface area contributed by atoms with Crippen molar-refractivity contribution in [2.45, 2.75) is 65.0 Å². The number of carbonyl (C=O) groups is 3. The fourth-order valence-electron chi connectivity index (χ4n) is 5.06. The van der Waals surface area contributed by atoms with Gasteiger partial charge in [-0.05, 0) is 38.2 Å². The molecule has 1 heterocycles. The summed E-state index contributed by atoms with van der Waals surface area (Å²) in [6, 6.07) is 1.18. The van der Waals surface area contributed by atoms with Gasteiger partial charge in [-0.25, -0.2) is 9.59 Å². The maximum absolute atomic E-state index is 13.2. The Morgan fingerprint density at radius 3 is 2.36 bits per heavy atom. The highest BCUT2D eigenvalue weighted by atomic mass is 16.6. The van der Waals surface area contributed by atoms with Gasteiger partial charge in [-0.15, -0.1) is 0 Å². The fraction of sp³-hybridized carbons (Fsp3) is 0.516. The second-order valence-corrected chi connectivity index (χ2v) is 10.7. The first-order valence-corrected chi connectivity index (χ1v) is 14.1. The van der Waals surface area contributed by atoms with Crippen molar-refractivity contribution in [2.24, 2.45) is 17.6 Å². The molecule has 244 valence electrons. The first-order chi connectivity index (χ1) is 20.8. The first-order valence-electron chi connectivity index (χ1n) is 14.1. The highest BCUT2D eigenvalue weighted by Gasteiger charge is 2.31. The quantitative estimate of drug-likeness (QED) is 0.178. The van der Waals surface area contributed by atoms with Crippen LogP contribution in [0.1, 0.15) is 39.7 Å². The molecule has 1 aromatic rings. The number of aliphatic hydroxyl groups excluding tert-OH is 2. The van der Waals surface area contributed by atoms with E-state index in [1.807, 2.05) is 6.92 Å². The Bertz CT molecular complexity index is 1270. The number of nitrogens with two attached hydrogens (primary N) is 1. The summed E-state index contributed by atoms with van der Waals surface area (Å²) < 4.78 is 27.5. The summed E-state index contributed by atoms with van der Waals surface area (Å²) in [6.07, 6.45) is 2.38. The number of carbonyl (C=O) groups excluding carboxylic acids is 3. The second kappa shape index (κ2) is 16.8. The van der Waals surface area contributed by atoms with Gasteiger partial charge < -0.3 is 50.1 Å². The van der Waals surface area contributed by atoms with E-state index in [0.717, 1.165) is 0 Å². The van der Waals surface area contributed by atoms with E-state index in [4.69, 9.17) is 29.4 Å². The van der Waals surface area contributed by atoms with Gasteiger partial charge in [0.1, 0.15) is 12.7 Å². The standard InChI is InChI=1S/C31H44N2O11/c1-16-11-20-28(43-25(36)15-34)21(14-22(35)29(20)42-7)33-30(38)17(2)9-8-10-23(40-5)27(44-31(32)39)19(4)13-18(3)26(37)24(12-16)41-6/h8-10,13-14,16,18,23-24,26-27,34-35,37H,11-12,15H2,1-7H3,(H2,32,39)(H,33,38)/b10-8+,17-9-,19-13-/t16-,18+,23+,24+,26-,27+/m1/s1. The molecular weight excluding hydrogens is 576 g/mol. The lowest BCUT2D eigenvalue weighted by Gasteiger charge is -2.29. The molecule has 2 bridgehead atoms. The van der Waals surface area contributed by atoms with E-state index in [1.165, 1.54) is 46.5 Å². The van der Waals surface area contributed by atoms with Gasteiger partial charge in [-0.2, -0.15) is 0 Å². The predicted octanol–water partition coefficient (Wildman–Crippen LogP) is 2.76. The highest BCUT2D eigenvalue weighted by Crippen LogP contribution is 2.44. The average molecular weight is 621 g/mol. The average Bonchev–Trinajstić information content (AvgIpc) is 2.97. The van der Waals surface area contributed by atoms with E-state index in [9.17, 15) is 29.7 Å². The number of esters is 1. The first kappa shape index (κ1) is 36.3. The van der Waals surface area contributed by atoms with Crippen LogP contribution in [0.5, 0.6) is 17.2 Å². The molecule has 2 amide bonds. The summed E-state index contributed by atoms with van der Waals surface area (Å²) in [7, 11) is 4.22. The molecule has 6 N–H and O–H groups in total. The molecule has 0 saturated carbocycles. The minimum Gasteiger partial charge on any atom is -0.504 e. The topological polar surface area (TPSA) is 196 Å². The summed E-state index contributed by atoms with van der Waals surface area (Å²) >= 11 is 0. The number of ether oxygens (including phenoxy) is 5. The van der Waals surface area contributed by atoms with Crippen molar-refractivity contribution in [2.75, 3.05) is 33.3 Å². The molecule has 6 atom stereocenters. The van der Waals surface area contributed by atoms with Gasteiger partial charge in [0.05, 0.1) is 25.0 Å². The Kier molecular flexibility index (Phi) is 13.9. The number of amides is 2. The number of rotatable bonds is 6. The summed E-state index contributed by atoms with van der Waals surface area (Å²) in [5.41, 5.74) is 6.36. The number of fused-ring (bicyclic) bond motifs is 2. The van der Waals surface area contributed by atoms with Crippen LogP contribution in [-0.4, -0.2) is 85.6 Å². The van der Waals surface area contributed by atoms with Crippen LogP contribution in [0.4, 0.5) is 10.5 Å². The Morgan fingerprint density at radius 2 is 1.80 bits per heavy atom. The molecule has 0 fully saturated rings. The number of methoxy groups -OCH3 is 3. The van der Waals surface area contributed by atoms with Crippen molar-refractivity contribution in [3.8, 4) is 17.2 Å².